The Bertz CT molecular complexity index is 186. The molecule has 2 heterocycles. The molecule has 0 aromatic carbocycles. The minimum absolute atomic E-state index is 0.259. The summed E-state index contributed by atoms with van der Waals surface area (Å²) in [6.45, 7) is 4.88. The van der Waals surface area contributed by atoms with E-state index in [1.54, 1.807) is 0 Å². The van der Waals surface area contributed by atoms with Crippen molar-refractivity contribution in [3.8, 4) is 0 Å². The number of nitrogens with one attached hydrogen (secondary N) is 2. The molecule has 2 rings (SSSR count). The maximum absolute atomic E-state index is 5.46. The maximum Gasteiger partial charge on any atom is 0.0632 e. The first-order valence-electron chi connectivity index (χ1n) is 5.89. The molecule has 5 heteroatoms. The summed E-state index contributed by atoms with van der Waals surface area (Å²) in [5, 5.41) is 7.07. The standard InChI is InChI=1S/C10H22N4S/c11-3-4-13-10(15)7-14-8-1-2-9(14)6-12-5-8/h8-10,12-13,15H,1-7,11H2/t8-,9?,10?/m0/s1. The van der Waals surface area contributed by atoms with Crippen LogP contribution in [0.25, 0.3) is 0 Å². The van der Waals surface area contributed by atoms with Crippen LogP contribution in [0.1, 0.15) is 12.8 Å². The zero-order chi connectivity index (χ0) is 10.7. The summed E-state index contributed by atoms with van der Waals surface area (Å²) in [5.41, 5.74) is 5.46. The smallest absolute Gasteiger partial charge is 0.0632 e. The summed E-state index contributed by atoms with van der Waals surface area (Å²) >= 11 is 4.55. The van der Waals surface area contributed by atoms with Crippen molar-refractivity contribution in [3.63, 3.8) is 0 Å². The SMILES string of the molecule is NCCNC(S)CN1C2CC[C@H]1CNC2. The highest BCUT2D eigenvalue weighted by Gasteiger charge is 2.36. The van der Waals surface area contributed by atoms with E-state index >= 15 is 0 Å². The van der Waals surface area contributed by atoms with Crippen molar-refractivity contribution < 1.29 is 0 Å². The van der Waals surface area contributed by atoms with Crippen LogP contribution < -0.4 is 16.4 Å². The van der Waals surface area contributed by atoms with Gasteiger partial charge >= 0.3 is 0 Å². The van der Waals surface area contributed by atoms with Crippen LogP contribution in [0.3, 0.4) is 0 Å². The molecule has 0 aromatic rings. The highest BCUT2D eigenvalue weighted by atomic mass is 32.1. The van der Waals surface area contributed by atoms with E-state index < -0.39 is 0 Å². The molecule has 4 nitrogen and oxygen atoms in total. The molecule has 88 valence electrons. The minimum Gasteiger partial charge on any atom is -0.329 e. The Kier molecular flexibility index (Phi) is 4.28. The third kappa shape index (κ3) is 2.85. The van der Waals surface area contributed by atoms with Crippen LogP contribution in [-0.2, 0) is 0 Å². The fourth-order valence-electron chi connectivity index (χ4n) is 2.68. The number of thiol groups is 1. The molecular formula is C10H22N4S. The first-order valence-corrected chi connectivity index (χ1v) is 6.41. The lowest BCUT2D eigenvalue weighted by Gasteiger charge is -2.36. The van der Waals surface area contributed by atoms with E-state index in [0.29, 0.717) is 6.54 Å². The number of nitrogens with zero attached hydrogens (tertiary/aromatic N) is 1. The van der Waals surface area contributed by atoms with Crippen LogP contribution in [0.4, 0.5) is 0 Å². The molecule has 3 atom stereocenters. The van der Waals surface area contributed by atoms with Gasteiger partial charge in [-0.3, -0.25) is 4.90 Å². The van der Waals surface area contributed by atoms with Gasteiger partial charge in [0.25, 0.3) is 0 Å². The van der Waals surface area contributed by atoms with Gasteiger partial charge in [-0.2, -0.15) is 12.6 Å². The van der Waals surface area contributed by atoms with Gasteiger partial charge in [0.1, 0.15) is 0 Å². The van der Waals surface area contributed by atoms with E-state index in [9.17, 15) is 0 Å². The lowest BCUT2D eigenvalue weighted by atomic mass is 10.2. The lowest BCUT2D eigenvalue weighted by Crippen LogP contribution is -2.54. The number of hydrogen-bond donors (Lipinski definition) is 4. The summed E-state index contributed by atoms with van der Waals surface area (Å²) in [5.74, 6) is 0. The van der Waals surface area contributed by atoms with E-state index in [0.717, 1.165) is 38.3 Å². The molecule has 2 aliphatic rings. The van der Waals surface area contributed by atoms with E-state index in [1.807, 2.05) is 0 Å². The van der Waals surface area contributed by atoms with Crippen LogP contribution in [0.5, 0.6) is 0 Å². The topological polar surface area (TPSA) is 53.3 Å². The number of rotatable bonds is 5. The Labute approximate surface area is 97.4 Å². The van der Waals surface area contributed by atoms with Gasteiger partial charge in [0.2, 0.25) is 0 Å². The third-order valence-electron chi connectivity index (χ3n) is 3.44. The number of piperazine rings is 1. The van der Waals surface area contributed by atoms with Crippen LogP contribution in [0.2, 0.25) is 0 Å². The van der Waals surface area contributed by atoms with Gasteiger partial charge in [0.15, 0.2) is 0 Å². The molecule has 2 unspecified atom stereocenters. The van der Waals surface area contributed by atoms with Gasteiger partial charge in [-0.25, -0.2) is 0 Å². The molecule has 0 spiro atoms. The zero-order valence-electron chi connectivity index (χ0n) is 9.15. The van der Waals surface area contributed by atoms with E-state index in [2.05, 4.69) is 28.2 Å². The quantitative estimate of drug-likeness (QED) is 0.370. The number of fused-ring (bicyclic) bond motifs is 2. The predicted molar refractivity (Wildman–Crippen MR) is 66.2 cm³/mol. The first-order chi connectivity index (χ1) is 7.31. The molecule has 2 saturated heterocycles. The average Bonchev–Trinajstić information content (AvgIpc) is 2.50. The molecule has 0 radical (unpaired) electrons. The second kappa shape index (κ2) is 5.50. The lowest BCUT2D eigenvalue weighted by molar-refractivity contribution is 0.151. The highest BCUT2D eigenvalue weighted by molar-refractivity contribution is 7.80. The number of nitrogens with two attached hydrogens (primary N) is 1. The molecule has 2 fully saturated rings. The van der Waals surface area contributed by atoms with Crippen LogP contribution in [0.15, 0.2) is 0 Å². The second-order valence-electron chi connectivity index (χ2n) is 4.50. The Morgan fingerprint density at radius 1 is 1.40 bits per heavy atom. The van der Waals surface area contributed by atoms with Crippen LogP contribution >= 0.6 is 12.6 Å². The molecule has 0 aliphatic carbocycles. The Morgan fingerprint density at radius 2 is 2.07 bits per heavy atom. The third-order valence-corrected chi connectivity index (χ3v) is 3.79. The average molecular weight is 230 g/mol. The summed E-state index contributed by atoms with van der Waals surface area (Å²) in [6.07, 6.45) is 2.68. The van der Waals surface area contributed by atoms with Gasteiger partial charge in [0.05, 0.1) is 5.37 Å². The van der Waals surface area contributed by atoms with Crippen molar-refractivity contribution in [1.82, 2.24) is 15.5 Å². The summed E-state index contributed by atoms with van der Waals surface area (Å²) in [7, 11) is 0. The summed E-state index contributed by atoms with van der Waals surface area (Å²) in [4.78, 5) is 2.61. The van der Waals surface area contributed by atoms with Crippen molar-refractivity contribution >= 4 is 12.6 Å². The van der Waals surface area contributed by atoms with E-state index in [4.69, 9.17) is 5.73 Å². The summed E-state index contributed by atoms with van der Waals surface area (Å²) in [6, 6.07) is 1.47. The second-order valence-corrected chi connectivity index (χ2v) is 5.12. The van der Waals surface area contributed by atoms with Crippen LogP contribution in [-0.4, -0.2) is 55.1 Å². The predicted octanol–water partition coefficient (Wildman–Crippen LogP) is -0.773. The van der Waals surface area contributed by atoms with Crippen molar-refractivity contribution in [2.45, 2.75) is 30.3 Å². The molecule has 0 amide bonds. The van der Waals surface area contributed by atoms with Crippen molar-refractivity contribution in [2.75, 3.05) is 32.7 Å². The van der Waals surface area contributed by atoms with Gasteiger partial charge in [-0.15, -0.1) is 0 Å². The van der Waals surface area contributed by atoms with Crippen molar-refractivity contribution in [3.05, 3.63) is 0 Å². The van der Waals surface area contributed by atoms with Gasteiger partial charge in [-0.05, 0) is 12.8 Å². The molecule has 2 bridgehead atoms. The minimum atomic E-state index is 0.259. The van der Waals surface area contributed by atoms with Gasteiger partial charge < -0.3 is 16.4 Å². The molecule has 0 saturated carbocycles. The highest BCUT2D eigenvalue weighted by Crippen LogP contribution is 2.26. The van der Waals surface area contributed by atoms with Gasteiger partial charge in [-0.1, -0.05) is 0 Å². The fourth-order valence-corrected chi connectivity index (χ4v) is 3.00. The Hall–Kier alpha value is 0.190. The monoisotopic (exact) mass is 230 g/mol. The normalized spacial score (nSPS) is 33.2. The molecule has 0 aromatic heterocycles. The van der Waals surface area contributed by atoms with Crippen LogP contribution in [0, 0.1) is 0 Å². The zero-order valence-corrected chi connectivity index (χ0v) is 10.0. The van der Waals surface area contributed by atoms with Crippen molar-refractivity contribution in [1.29, 1.82) is 0 Å². The van der Waals surface area contributed by atoms with E-state index in [1.165, 1.54) is 12.8 Å². The maximum atomic E-state index is 5.46. The van der Waals surface area contributed by atoms with Gasteiger partial charge in [0, 0.05) is 44.8 Å². The first kappa shape index (κ1) is 11.7. The molecular weight excluding hydrogens is 208 g/mol. The van der Waals surface area contributed by atoms with E-state index in [-0.39, 0.29) is 5.37 Å². The fraction of sp³-hybridized carbons (Fsp3) is 1.00. The largest absolute Gasteiger partial charge is 0.329 e. The van der Waals surface area contributed by atoms with Crippen molar-refractivity contribution in [2.24, 2.45) is 5.73 Å². The molecule has 15 heavy (non-hydrogen) atoms. The summed E-state index contributed by atoms with van der Waals surface area (Å²) < 4.78 is 0. The Morgan fingerprint density at radius 3 is 2.67 bits per heavy atom. The molecule has 2 aliphatic heterocycles. The number of hydrogen-bond acceptors (Lipinski definition) is 5. The molecule has 4 N–H and O–H groups in total. The Balaban J connectivity index is 1.78.